The number of nitrogens with one attached hydrogen (secondary N) is 1. The monoisotopic (exact) mass is 570 g/mol. The maximum absolute atomic E-state index is 16.1. The number of piperazine rings is 1. The zero-order valence-electron chi connectivity index (χ0n) is 23.1. The van der Waals surface area contributed by atoms with Crippen LogP contribution >= 0.6 is 0 Å². The van der Waals surface area contributed by atoms with Crippen LogP contribution in [0.3, 0.4) is 0 Å². The van der Waals surface area contributed by atoms with Crippen molar-refractivity contribution >= 4 is 17.6 Å². The summed E-state index contributed by atoms with van der Waals surface area (Å²) >= 11 is 0. The summed E-state index contributed by atoms with van der Waals surface area (Å²) in [5.41, 5.74) is 6.08. The van der Waals surface area contributed by atoms with E-state index in [1.165, 1.54) is 23.1 Å². The standard InChI is InChI=1S/C28H32F2N6O5/c1-5-39-28(38)36-12-11-35(4)19(15-36)22-23(29)26(40-18-8-6-7-17(14-18)34(2)3)33-27(24(22)30)41-21-13-16(25(31)32)9-10-20(21)37/h6-10,13-14,19,37H,5,11-12,15H2,1-4H3,(H3,31,32). The van der Waals surface area contributed by atoms with Crippen LogP contribution in [0.1, 0.15) is 24.1 Å². The number of aromatic nitrogens is 1. The third kappa shape index (κ3) is 6.40. The van der Waals surface area contributed by atoms with Crippen molar-refractivity contribution in [3.8, 4) is 29.0 Å². The predicted molar refractivity (Wildman–Crippen MR) is 148 cm³/mol. The molecular weight excluding hydrogens is 538 g/mol. The molecule has 1 amide bonds. The number of anilines is 1. The molecule has 2 aromatic carbocycles. The molecule has 0 radical (unpaired) electrons. The normalized spacial score (nSPS) is 15.4. The largest absolute Gasteiger partial charge is 0.504 e. The van der Waals surface area contributed by atoms with Crippen molar-refractivity contribution in [2.75, 3.05) is 52.3 Å². The second-order valence-electron chi connectivity index (χ2n) is 9.60. The summed E-state index contributed by atoms with van der Waals surface area (Å²) in [4.78, 5) is 21.3. The molecule has 13 heteroatoms. The lowest BCUT2D eigenvalue weighted by molar-refractivity contribution is 0.0606. The first-order chi connectivity index (χ1) is 19.5. The number of amidine groups is 1. The Hall–Kier alpha value is -4.65. The molecule has 1 fully saturated rings. The molecule has 41 heavy (non-hydrogen) atoms. The minimum atomic E-state index is -1.15. The number of rotatable bonds is 8. The van der Waals surface area contributed by atoms with E-state index in [0.717, 1.165) is 5.69 Å². The molecule has 4 N–H and O–H groups in total. The van der Waals surface area contributed by atoms with Crippen LogP contribution in [0.4, 0.5) is 19.3 Å². The Morgan fingerprint density at radius 3 is 2.51 bits per heavy atom. The van der Waals surface area contributed by atoms with Crippen LogP contribution in [-0.2, 0) is 4.74 Å². The van der Waals surface area contributed by atoms with Gasteiger partial charge in [-0.2, -0.15) is 4.98 Å². The maximum Gasteiger partial charge on any atom is 0.409 e. The molecular formula is C28H32F2N6O5. The highest BCUT2D eigenvalue weighted by molar-refractivity contribution is 5.95. The Kier molecular flexibility index (Phi) is 8.77. The van der Waals surface area contributed by atoms with Gasteiger partial charge in [-0.25, -0.2) is 13.6 Å². The van der Waals surface area contributed by atoms with Crippen molar-refractivity contribution in [3.63, 3.8) is 0 Å². The number of nitrogens with zero attached hydrogens (tertiary/aromatic N) is 4. The highest BCUT2D eigenvalue weighted by atomic mass is 19.1. The maximum atomic E-state index is 16.1. The number of halogens is 2. The molecule has 3 aromatic rings. The van der Waals surface area contributed by atoms with Gasteiger partial charge in [-0.05, 0) is 44.3 Å². The van der Waals surface area contributed by atoms with Gasteiger partial charge in [-0.1, -0.05) is 6.07 Å². The number of likely N-dealkylation sites (N-methyl/N-ethyl adjacent to an activating group) is 1. The molecule has 0 aliphatic carbocycles. The molecule has 11 nitrogen and oxygen atoms in total. The zero-order chi connectivity index (χ0) is 29.8. The number of carbonyl (C=O) groups is 1. The quantitative estimate of drug-likeness (QED) is 0.265. The average Bonchev–Trinajstić information content (AvgIpc) is 2.93. The Morgan fingerprint density at radius 2 is 1.85 bits per heavy atom. The lowest BCUT2D eigenvalue weighted by atomic mass is 10.0. The van der Waals surface area contributed by atoms with E-state index in [1.807, 2.05) is 25.1 Å². The van der Waals surface area contributed by atoms with E-state index in [4.69, 9.17) is 25.4 Å². The summed E-state index contributed by atoms with van der Waals surface area (Å²) in [7, 11) is 5.34. The molecule has 2 heterocycles. The third-order valence-corrected chi connectivity index (χ3v) is 6.58. The smallest absolute Gasteiger partial charge is 0.409 e. The summed E-state index contributed by atoms with van der Waals surface area (Å²) < 4.78 is 48.8. The van der Waals surface area contributed by atoms with Crippen LogP contribution in [0.5, 0.6) is 29.0 Å². The van der Waals surface area contributed by atoms with Gasteiger partial charge in [0.15, 0.2) is 23.1 Å². The van der Waals surface area contributed by atoms with E-state index in [-0.39, 0.29) is 41.8 Å². The minimum absolute atomic E-state index is 0.0761. The molecule has 0 spiro atoms. The van der Waals surface area contributed by atoms with Crippen molar-refractivity contribution in [2.24, 2.45) is 5.73 Å². The molecule has 1 atom stereocenters. The number of hydrogen-bond acceptors (Lipinski definition) is 9. The van der Waals surface area contributed by atoms with Gasteiger partial charge in [-0.3, -0.25) is 10.3 Å². The van der Waals surface area contributed by atoms with E-state index >= 15 is 8.78 Å². The molecule has 1 aliphatic rings. The van der Waals surface area contributed by atoms with Crippen LogP contribution < -0.4 is 20.1 Å². The highest BCUT2D eigenvalue weighted by Crippen LogP contribution is 2.40. The van der Waals surface area contributed by atoms with E-state index in [9.17, 15) is 9.90 Å². The molecule has 0 saturated carbocycles. The van der Waals surface area contributed by atoms with Gasteiger partial charge >= 0.3 is 6.09 Å². The van der Waals surface area contributed by atoms with Crippen molar-refractivity contribution in [1.29, 1.82) is 5.41 Å². The molecule has 0 bridgehead atoms. The number of phenols is 1. The van der Waals surface area contributed by atoms with E-state index in [1.54, 1.807) is 37.1 Å². The van der Waals surface area contributed by atoms with Crippen molar-refractivity contribution < 1.29 is 32.9 Å². The summed E-state index contributed by atoms with van der Waals surface area (Å²) in [5, 5.41) is 18.0. The van der Waals surface area contributed by atoms with Gasteiger partial charge in [-0.15, -0.1) is 0 Å². The predicted octanol–water partition coefficient (Wildman–Crippen LogP) is 4.45. The number of hydrogen-bond donors (Lipinski definition) is 3. The minimum Gasteiger partial charge on any atom is -0.504 e. The van der Waals surface area contributed by atoms with Crippen molar-refractivity contribution in [2.45, 2.75) is 13.0 Å². The number of carbonyl (C=O) groups excluding carboxylic acids is 1. The van der Waals surface area contributed by atoms with Crippen LogP contribution in [0.15, 0.2) is 42.5 Å². The lowest BCUT2D eigenvalue weighted by Crippen LogP contribution is -2.49. The Balaban J connectivity index is 1.83. The SMILES string of the molecule is CCOC(=O)N1CCN(C)C(c2c(F)c(Oc3cccc(N(C)C)c3)nc(Oc3cc(C(=N)N)ccc3O)c2F)C1. The van der Waals surface area contributed by atoms with E-state index in [0.29, 0.717) is 13.1 Å². The fourth-order valence-electron chi connectivity index (χ4n) is 4.32. The summed E-state index contributed by atoms with van der Waals surface area (Å²) in [5.74, 6) is -4.19. The van der Waals surface area contributed by atoms with Crippen LogP contribution in [-0.4, -0.2) is 79.2 Å². The number of benzene rings is 2. The summed E-state index contributed by atoms with van der Waals surface area (Å²) in [6.07, 6.45) is -0.597. The first-order valence-corrected chi connectivity index (χ1v) is 12.8. The second kappa shape index (κ2) is 12.3. The topological polar surface area (TPSA) is 137 Å². The number of pyridine rings is 1. The highest BCUT2D eigenvalue weighted by Gasteiger charge is 2.36. The van der Waals surface area contributed by atoms with Crippen LogP contribution in [0, 0.1) is 17.0 Å². The van der Waals surface area contributed by atoms with Crippen LogP contribution in [0.2, 0.25) is 0 Å². The molecule has 218 valence electrons. The molecule has 1 unspecified atom stereocenters. The van der Waals surface area contributed by atoms with Crippen molar-refractivity contribution in [1.82, 2.24) is 14.8 Å². The molecule has 1 aliphatic heterocycles. The van der Waals surface area contributed by atoms with E-state index in [2.05, 4.69) is 4.98 Å². The van der Waals surface area contributed by atoms with Gasteiger partial charge in [0.2, 0.25) is 0 Å². The number of nitrogens with two attached hydrogens (primary N) is 1. The number of aromatic hydroxyl groups is 1. The Bertz CT molecular complexity index is 1450. The summed E-state index contributed by atoms with van der Waals surface area (Å²) in [6.45, 7) is 2.36. The van der Waals surface area contributed by atoms with Gasteiger partial charge in [0.1, 0.15) is 11.6 Å². The number of nitrogen functional groups attached to an aromatic ring is 1. The average molecular weight is 571 g/mol. The third-order valence-electron chi connectivity index (χ3n) is 6.58. The van der Waals surface area contributed by atoms with Gasteiger partial charge in [0.25, 0.3) is 11.8 Å². The van der Waals surface area contributed by atoms with Crippen LogP contribution in [0.25, 0.3) is 0 Å². The molecule has 1 saturated heterocycles. The molecule has 4 rings (SSSR count). The van der Waals surface area contributed by atoms with E-state index < -0.39 is 41.1 Å². The van der Waals surface area contributed by atoms with Gasteiger partial charge < -0.3 is 34.9 Å². The van der Waals surface area contributed by atoms with Crippen molar-refractivity contribution in [3.05, 3.63) is 65.2 Å². The van der Waals surface area contributed by atoms with Gasteiger partial charge in [0.05, 0.1) is 18.2 Å². The fourth-order valence-corrected chi connectivity index (χ4v) is 4.32. The first-order valence-electron chi connectivity index (χ1n) is 12.8. The first kappa shape index (κ1) is 29.3. The zero-order valence-corrected chi connectivity index (χ0v) is 23.1. The molecule has 1 aromatic heterocycles. The Morgan fingerprint density at radius 1 is 1.15 bits per heavy atom. The van der Waals surface area contributed by atoms with Gasteiger partial charge in [0, 0.05) is 51.0 Å². The number of ether oxygens (including phenoxy) is 3. The lowest BCUT2D eigenvalue weighted by Gasteiger charge is -2.39. The second-order valence-corrected chi connectivity index (χ2v) is 9.60. The number of phenolic OH excluding ortho intramolecular Hbond substituents is 1. The summed E-state index contributed by atoms with van der Waals surface area (Å²) in [6, 6.07) is 9.68. The Labute approximate surface area is 236 Å². The fraction of sp³-hybridized carbons (Fsp3) is 0.321. The number of amides is 1.